The van der Waals surface area contributed by atoms with Crippen LogP contribution in [0.3, 0.4) is 0 Å². The van der Waals surface area contributed by atoms with E-state index in [4.69, 9.17) is 9.72 Å². The number of imidazole rings is 1. The summed E-state index contributed by atoms with van der Waals surface area (Å²) in [6, 6.07) is 7.59. The van der Waals surface area contributed by atoms with Crippen LogP contribution in [-0.2, 0) is 34.1 Å². The van der Waals surface area contributed by atoms with E-state index in [9.17, 15) is 8.42 Å². The van der Waals surface area contributed by atoms with Gasteiger partial charge in [0.1, 0.15) is 5.82 Å². The summed E-state index contributed by atoms with van der Waals surface area (Å²) in [4.78, 5) is 9.51. The van der Waals surface area contributed by atoms with E-state index >= 15 is 0 Å². The third-order valence-electron chi connectivity index (χ3n) is 6.57. The zero-order valence-electron chi connectivity index (χ0n) is 17.8. The first-order valence-corrected chi connectivity index (χ1v) is 12.4. The van der Waals surface area contributed by atoms with Gasteiger partial charge in [0.05, 0.1) is 28.7 Å². The predicted molar refractivity (Wildman–Crippen MR) is 119 cm³/mol. The summed E-state index contributed by atoms with van der Waals surface area (Å²) >= 11 is 0. The van der Waals surface area contributed by atoms with Crippen LogP contribution in [0, 0.1) is 0 Å². The molecule has 1 aliphatic carbocycles. The fourth-order valence-electron chi connectivity index (χ4n) is 4.89. The van der Waals surface area contributed by atoms with Crippen molar-refractivity contribution in [2.45, 2.75) is 49.5 Å². The van der Waals surface area contributed by atoms with Crippen molar-refractivity contribution in [3.8, 4) is 0 Å². The lowest BCUT2D eigenvalue weighted by Crippen LogP contribution is -2.29. The van der Waals surface area contributed by atoms with E-state index in [0.717, 1.165) is 42.5 Å². The van der Waals surface area contributed by atoms with Crippen LogP contribution in [0.1, 0.15) is 42.1 Å². The third-order valence-corrected chi connectivity index (χ3v) is 8.43. The fourth-order valence-corrected chi connectivity index (χ4v) is 6.45. The molecule has 0 radical (unpaired) electrons. The average molecular weight is 441 g/mol. The molecule has 0 N–H and O–H groups in total. The number of fused-ring (bicyclic) bond motifs is 2. The molecule has 1 aromatic carbocycles. The minimum Gasteiger partial charge on any atom is -0.383 e. The van der Waals surface area contributed by atoms with Gasteiger partial charge in [-0.05, 0) is 61.4 Å². The molecule has 5 rings (SSSR count). The van der Waals surface area contributed by atoms with Gasteiger partial charge in [-0.1, -0.05) is 6.07 Å². The number of hydrogen-bond acceptors (Lipinski definition) is 5. The van der Waals surface area contributed by atoms with E-state index in [1.165, 1.54) is 17.5 Å². The Labute approximate surface area is 183 Å². The highest BCUT2D eigenvalue weighted by molar-refractivity contribution is 7.89. The van der Waals surface area contributed by atoms with Gasteiger partial charge < -0.3 is 9.30 Å². The number of ether oxygens (including phenoxy) is 1. The highest BCUT2D eigenvalue weighted by Gasteiger charge is 2.36. The molecular formula is C23H28N4O3S. The second-order valence-electron chi connectivity index (χ2n) is 8.47. The van der Waals surface area contributed by atoms with Gasteiger partial charge >= 0.3 is 0 Å². The molecule has 0 unspecified atom stereocenters. The number of pyridine rings is 1. The Morgan fingerprint density at radius 2 is 2.00 bits per heavy atom. The molecule has 164 valence electrons. The summed E-state index contributed by atoms with van der Waals surface area (Å²) in [7, 11) is -1.83. The van der Waals surface area contributed by atoms with Crippen LogP contribution in [-0.4, -0.2) is 54.1 Å². The maximum atomic E-state index is 13.4. The number of sulfonamides is 1. The number of nitrogens with zero attached hydrogens (tertiary/aromatic N) is 4. The first-order valence-electron chi connectivity index (χ1n) is 11.0. The summed E-state index contributed by atoms with van der Waals surface area (Å²) in [5, 5.41) is 0. The number of benzene rings is 1. The van der Waals surface area contributed by atoms with E-state index in [1.54, 1.807) is 23.7 Å². The average Bonchev–Trinajstić information content (AvgIpc) is 3.43. The quantitative estimate of drug-likeness (QED) is 0.589. The molecule has 1 fully saturated rings. The number of aryl methyl sites for hydroxylation is 2. The van der Waals surface area contributed by atoms with E-state index in [0.29, 0.717) is 31.1 Å². The SMILES string of the molecule is COCCn1c([C@@H]2CCN(S(=O)(=O)c3ccc4c(c3)CCCC4)C2)nc2ccncc21. The van der Waals surface area contributed by atoms with Crippen molar-refractivity contribution < 1.29 is 13.2 Å². The number of aromatic nitrogens is 3. The van der Waals surface area contributed by atoms with Crippen molar-refractivity contribution in [2.24, 2.45) is 0 Å². The van der Waals surface area contributed by atoms with Crippen LogP contribution in [0.2, 0.25) is 0 Å². The van der Waals surface area contributed by atoms with Crippen LogP contribution in [0.5, 0.6) is 0 Å². The fraction of sp³-hybridized carbons (Fsp3) is 0.478. The maximum Gasteiger partial charge on any atom is 0.243 e. The molecule has 1 aliphatic heterocycles. The van der Waals surface area contributed by atoms with Crippen molar-refractivity contribution in [3.63, 3.8) is 0 Å². The molecule has 7 nitrogen and oxygen atoms in total. The van der Waals surface area contributed by atoms with Crippen LogP contribution < -0.4 is 0 Å². The Balaban J connectivity index is 1.42. The Kier molecular flexibility index (Phi) is 5.54. The first-order chi connectivity index (χ1) is 15.1. The molecule has 0 amide bonds. The summed E-state index contributed by atoms with van der Waals surface area (Å²) < 4.78 is 35.8. The molecule has 0 bridgehead atoms. The lowest BCUT2D eigenvalue weighted by atomic mass is 9.92. The van der Waals surface area contributed by atoms with Crippen molar-refractivity contribution in [3.05, 3.63) is 53.6 Å². The van der Waals surface area contributed by atoms with Crippen molar-refractivity contribution in [1.82, 2.24) is 18.8 Å². The summed E-state index contributed by atoms with van der Waals surface area (Å²) in [5.41, 5.74) is 4.34. The minimum atomic E-state index is -3.51. The van der Waals surface area contributed by atoms with Crippen molar-refractivity contribution in [2.75, 3.05) is 26.8 Å². The van der Waals surface area contributed by atoms with E-state index in [-0.39, 0.29) is 5.92 Å². The number of methoxy groups -OCH3 is 1. The Morgan fingerprint density at radius 1 is 1.16 bits per heavy atom. The van der Waals surface area contributed by atoms with Gasteiger partial charge in [0, 0.05) is 38.9 Å². The number of hydrogen-bond donors (Lipinski definition) is 0. The smallest absolute Gasteiger partial charge is 0.243 e. The molecular weight excluding hydrogens is 412 g/mol. The lowest BCUT2D eigenvalue weighted by molar-refractivity contribution is 0.187. The molecule has 3 aromatic rings. The minimum absolute atomic E-state index is 0.0525. The van der Waals surface area contributed by atoms with E-state index in [2.05, 4.69) is 9.55 Å². The second kappa shape index (κ2) is 8.33. The molecule has 1 atom stereocenters. The Hall–Kier alpha value is -2.29. The summed E-state index contributed by atoms with van der Waals surface area (Å²) in [6.07, 6.45) is 8.65. The lowest BCUT2D eigenvalue weighted by Gasteiger charge is -2.20. The largest absolute Gasteiger partial charge is 0.383 e. The highest BCUT2D eigenvalue weighted by Crippen LogP contribution is 2.33. The second-order valence-corrected chi connectivity index (χ2v) is 10.4. The predicted octanol–water partition coefficient (Wildman–Crippen LogP) is 3.13. The van der Waals surface area contributed by atoms with Gasteiger partial charge in [-0.15, -0.1) is 0 Å². The van der Waals surface area contributed by atoms with Gasteiger partial charge in [-0.2, -0.15) is 4.31 Å². The van der Waals surface area contributed by atoms with Crippen molar-refractivity contribution >= 4 is 21.1 Å². The molecule has 0 spiro atoms. The van der Waals surface area contributed by atoms with Gasteiger partial charge in [-0.25, -0.2) is 13.4 Å². The molecule has 0 saturated carbocycles. The third kappa shape index (κ3) is 3.77. The maximum absolute atomic E-state index is 13.4. The topological polar surface area (TPSA) is 77.3 Å². The monoisotopic (exact) mass is 440 g/mol. The summed E-state index contributed by atoms with van der Waals surface area (Å²) in [5.74, 6) is 0.972. The Bertz CT molecular complexity index is 1200. The highest BCUT2D eigenvalue weighted by atomic mass is 32.2. The van der Waals surface area contributed by atoms with Gasteiger partial charge in [-0.3, -0.25) is 4.98 Å². The van der Waals surface area contributed by atoms with Crippen LogP contribution in [0.15, 0.2) is 41.6 Å². The van der Waals surface area contributed by atoms with Gasteiger partial charge in [0.2, 0.25) is 10.0 Å². The molecule has 3 heterocycles. The normalized spacial score (nSPS) is 19.7. The van der Waals surface area contributed by atoms with Gasteiger partial charge in [0.15, 0.2) is 0 Å². The standard InChI is InChI=1S/C23H28N4O3S/c1-30-13-12-27-22-15-24-10-8-21(22)25-23(27)19-9-11-26(16-19)31(28,29)20-7-6-17-4-2-3-5-18(17)14-20/h6-8,10,14-15,19H,2-5,9,11-13,16H2,1H3/t19-/m1/s1. The molecule has 2 aliphatic rings. The van der Waals surface area contributed by atoms with Crippen LogP contribution in [0.4, 0.5) is 0 Å². The molecule has 8 heteroatoms. The molecule has 31 heavy (non-hydrogen) atoms. The van der Waals surface area contributed by atoms with E-state index in [1.807, 2.05) is 24.4 Å². The zero-order valence-corrected chi connectivity index (χ0v) is 18.6. The van der Waals surface area contributed by atoms with Crippen molar-refractivity contribution in [1.29, 1.82) is 0 Å². The van der Waals surface area contributed by atoms with E-state index < -0.39 is 10.0 Å². The van der Waals surface area contributed by atoms with Gasteiger partial charge in [0.25, 0.3) is 0 Å². The number of rotatable bonds is 6. The van der Waals surface area contributed by atoms with Crippen LogP contribution >= 0.6 is 0 Å². The molecule has 2 aromatic heterocycles. The first kappa shape index (κ1) is 20.6. The van der Waals surface area contributed by atoms with Crippen LogP contribution in [0.25, 0.3) is 11.0 Å². The summed E-state index contributed by atoms with van der Waals surface area (Å²) in [6.45, 7) is 2.19. The Morgan fingerprint density at radius 3 is 2.84 bits per heavy atom. The molecule has 1 saturated heterocycles. The zero-order chi connectivity index (χ0) is 21.4.